The molecule has 1 fully saturated rings. The first-order valence-corrected chi connectivity index (χ1v) is 13.9. The van der Waals surface area contributed by atoms with Gasteiger partial charge in [-0.25, -0.2) is 18.4 Å². The summed E-state index contributed by atoms with van der Waals surface area (Å²) in [6.07, 6.45) is 3.79. The Hall–Kier alpha value is -1.90. The number of halogens is 1. The van der Waals surface area contributed by atoms with Gasteiger partial charge in [-0.2, -0.15) is 0 Å². The molecule has 0 radical (unpaired) electrons. The SMILES string of the molecule is CCCO[C@@H](c1ncc(Cl)cn1)[C@H](C)S(=O)(=O)Nc1nnc([C@H]2CC[C@@H](C)O2)n1C(CCOC)OC. The van der Waals surface area contributed by atoms with Crippen molar-refractivity contribution >= 4 is 27.6 Å². The van der Waals surface area contributed by atoms with E-state index in [-0.39, 0.29) is 24.0 Å². The molecule has 1 saturated heterocycles. The number of hydrogen-bond acceptors (Lipinski definition) is 10. The molecule has 14 heteroatoms. The number of ether oxygens (including phenoxy) is 4. The number of rotatable bonds is 14. The molecule has 0 aliphatic carbocycles. The lowest BCUT2D eigenvalue weighted by Crippen LogP contribution is -2.34. The standard InChI is InChI=1S/C22H35ClN6O6S/c1-6-10-34-19(20-24-12-16(23)13-25-20)15(3)36(30,31)28-22-27-26-21(17-8-7-14(2)35-17)29(22)18(33-5)9-11-32-4/h12-15,17-19H,6-11H2,1-5H3,(H,27,28)/t14-,15+,17-,18?,19-/m1/s1. The number of methoxy groups -OCH3 is 2. The minimum atomic E-state index is -4.05. The average Bonchev–Trinajstić information content (AvgIpc) is 3.46. The molecule has 1 aliphatic rings. The van der Waals surface area contributed by atoms with Gasteiger partial charge in [-0.3, -0.25) is 9.29 Å². The van der Waals surface area contributed by atoms with Gasteiger partial charge >= 0.3 is 0 Å². The number of nitrogens with zero attached hydrogens (tertiary/aromatic N) is 5. The van der Waals surface area contributed by atoms with Crippen LogP contribution >= 0.6 is 11.6 Å². The summed E-state index contributed by atoms with van der Waals surface area (Å²) in [5.74, 6) is 0.734. The Kier molecular flexibility index (Phi) is 10.4. The van der Waals surface area contributed by atoms with Gasteiger partial charge in [0.2, 0.25) is 16.0 Å². The molecule has 36 heavy (non-hydrogen) atoms. The normalized spacial score (nSPS) is 20.8. The van der Waals surface area contributed by atoms with Crippen LogP contribution in [0.15, 0.2) is 12.4 Å². The van der Waals surface area contributed by atoms with Crippen LogP contribution in [-0.2, 0) is 29.0 Å². The molecule has 12 nitrogen and oxygen atoms in total. The van der Waals surface area contributed by atoms with E-state index in [0.29, 0.717) is 36.9 Å². The lowest BCUT2D eigenvalue weighted by molar-refractivity contribution is 0.00193. The van der Waals surface area contributed by atoms with E-state index in [4.69, 9.17) is 30.5 Å². The van der Waals surface area contributed by atoms with Crippen molar-refractivity contribution in [2.75, 3.05) is 32.2 Å². The topological polar surface area (TPSA) is 140 Å². The first-order valence-electron chi connectivity index (χ1n) is 11.9. The zero-order valence-electron chi connectivity index (χ0n) is 21.3. The molecule has 202 valence electrons. The van der Waals surface area contributed by atoms with Crippen molar-refractivity contribution in [3.8, 4) is 0 Å². The second-order valence-electron chi connectivity index (χ2n) is 8.64. The van der Waals surface area contributed by atoms with Gasteiger partial charge in [-0.1, -0.05) is 18.5 Å². The molecule has 0 saturated carbocycles. The molecule has 2 aromatic rings. The van der Waals surface area contributed by atoms with Crippen LogP contribution in [0.1, 0.15) is 76.5 Å². The number of nitrogens with one attached hydrogen (secondary N) is 1. The summed E-state index contributed by atoms with van der Waals surface area (Å²) < 4.78 is 54.1. The summed E-state index contributed by atoms with van der Waals surface area (Å²) in [5, 5.41) is 7.73. The van der Waals surface area contributed by atoms with Crippen LogP contribution in [0.3, 0.4) is 0 Å². The Bertz CT molecular complexity index is 1070. The van der Waals surface area contributed by atoms with Crippen molar-refractivity contribution in [3.63, 3.8) is 0 Å². The van der Waals surface area contributed by atoms with E-state index in [2.05, 4.69) is 24.9 Å². The highest BCUT2D eigenvalue weighted by molar-refractivity contribution is 7.93. The van der Waals surface area contributed by atoms with Crippen molar-refractivity contribution in [3.05, 3.63) is 29.1 Å². The maximum atomic E-state index is 13.6. The van der Waals surface area contributed by atoms with Crippen LogP contribution in [0, 0.1) is 0 Å². The van der Waals surface area contributed by atoms with E-state index in [1.165, 1.54) is 26.4 Å². The second-order valence-corrected chi connectivity index (χ2v) is 11.1. The van der Waals surface area contributed by atoms with Crippen LogP contribution < -0.4 is 4.72 Å². The van der Waals surface area contributed by atoms with Gasteiger partial charge < -0.3 is 18.9 Å². The fourth-order valence-electron chi connectivity index (χ4n) is 3.96. The average molecular weight is 547 g/mol. The summed E-state index contributed by atoms with van der Waals surface area (Å²) in [6, 6.07) is 0. The van der Waals surface area contributed by atoms with Crippen LogP contribution in [-0.4, -0.2) is 71.9 Å². The van der Waals surface area contributed by atoms with Gasteiger partial charge in [0.25, 0.3) is 0 Å². The molecule has 1 aliphatic heterocycles. The first kappa shape index (κ1) is 28.7. The van der Waals surface area contributed by atoms with E-state index in [1.54, 1.807) is 11.7 Å². The monoisotopic (exact) mass is 546 g/mol. The quantitative estimate of drug-likeness (QED) is 0.374. The van der Waals surface area contributed by atoms with Crippen molar-refractivity contribution in [1.82, 2.24) is 24.7 Å². The molecule has 0 spiro atoms. The molecular formula is C22H35ClN6O6S. The van der Waals surface area contributed by atoms with Gasteiger partial charge in [-0.05, 0) is 33.1 Å². The molecule has 2 aromatic heterocycles. The van der Waals surface area contributed by atoms with Crippen molar-refractivity contribution in [1.29, 1.82) is 0 Å². The molecule has 0 aromatic carbocycles. The fourth-order valence-corrected chi connectivity index (χ4v) is 5.16. The molecular weight excluding hydrogens is 512 g/mol. The lowest BCUT2D eigenvalue weighted by Gasteiger charge is -2.25. The highest BCUT2D eigenvalue weighted by Gasteiger charge is 2.37. The highest BCUT2D eigenvalue weighted by Crippen LogP contribution is 2.35. The predicted octanol–water partition coefficient (Wildman–Crippen LogP) is 3.44. The Morgan fingerprint density at radius 2 is 1.94 bits per heavy atom. The van der Waals surface area contributed by atoms with Crippen molar-refractivity contribution in [2.24, 2.45) is 0 Å². The molecule has 3 heterocycles. The molecule has 3 rings (SSSR count). The zero-order valence-corrected chi connectivity index (χ0v) is 22.8. The predicted molar refractivity (Wildman–Crippen MR) is 133 cm³/mol. The number of sulfonamides is 1. The van der Waals surface area contributed by atoms with Crippen LogP contribution in [0.2, 0.25) is 5.02 Å². The van der Waals surface area contributed by atoms with Gasteiger partial charge in [0.1, 0.15) is 23.7 Å². The van der Waals surface area contributed by atoms with E-state index < -0.39 is 27.6 Å². The Morgan fingerprint density at radius 3 is 2.53 bits per heavy atom. The minimum Gasteiger partial charge on any atom is -0.385 e. The Balaban J connectivity index is 1.94. The molecule has 0 bridgehead atoms. The summed E-state index contributed by atoms with van der Waals surface area (Å²) in [6.45, 7) is 6.17. The van der Waals surface area contributed by atoms with Gasteiger partial charge in [0, 0.05) is 39.6 Å². The van der Waals surface area contributed by atoms with Crippen LogP contribution in [0.5, 0.6) is 0 Å². The third-order valence-electron chi connectivity index (χ3n) is 5.92. The maximum Gasteiger partial charge on any atom is 0.240 e. The Morgan fingerprint density at radius 1 is 1.22 bits per heavy atom. The fraction of sp³-hybridized carbons (Fsp3) is 0.727. The molecule has 1 unspecified atom stereocenters. The Labute approximate surface area is 217 Å². The summed E-state index contributed by atoms with van der Waals surface area (Å²) in [5.41, 5.74) is 0. The third-order valence-corrected chi connectivity index (χ3v) is 7.81. The van der Waals surface area contributed by atoms with E-state index >= 15 is 0 Å². The first-order chi connectivity index (χ1) is 17.2. The number of hydrogen-bond donors (Lipinski definition) is 1. The van der Waals surface area contributed by atoms with E-state index in [1.807, 2.05) is 13.8 Å². The van der Waals surface area contributed by atoms with Crippen LogP contribution in [0.25, 0.3) is 0 Å². The number of aromatic nitrogens is 5. The minimum absolute atomic E-state index is 0.0224. The van der Waals surface area contributed by atoms with Gasteiger partial charge in [0.15, 0.2) is 11.6 Å². The zero-order chi connectivity index (χ0) is 26.3. The summed E-state index contributed by atoms with van der Waals surface area (Å²) >= 11 is 5.91. The van der Waals surface area contributed by atoms with E-state index in [0.717, 1.165) is 12.8 Å². The van der Waals surface area contributed by atoms with Gasteiger partial charge in [0.05, 0.1) is 17.7 Å². The van der Waals surface area contributed by atoms with Crippen molar-refractivity contribution in [2.45, 2.75) is 76.2 Å². The maximum absolute atomic E-state index is 13.6. The van der Waals surface area contributed by atoms with Gasteiger partial charge in [-0.15, -0.1) is 10.2 Å². The largest absolute Gasteiger partial charge is 0.385 e. The van der Waals surface area contributed by atoms with Crippen molar-refractivity contribution < 1.29 is 27.4 Å². The highest BCUT2D eigenvalue weighted by atomic mass is 35.5. The summed E-state index contributed by atoms with van der Waals surface area (Å²) in [4.78, 5) is 8.37. The van der Waals surface area contributed by atoms with Crippen LogP contribution in [0.4, 0.5) is 5.95 Å². The third kappa shape index (κ3) is 6.90. The molecule has 1 N–H and O–H groups in total. The molecule has 5 atom stereocenters. The molecule has 0 amide bonds. The van der Waals surface area contributed by atoms with E-state index in [9.17, 15) is 8.42 Å². The lowest BCUT2D eigenvalue weighted by atomic mass is 10.2. The number of anilines is 1. The second kappa shape index (κ2) is 13.1. The smallest absolute Gasteiger partial charge is 0.240 e. The summed E-state index contributed by atoms with van der Waals surface area (Å²) in [7, 11) is -0.923.